The van der Waals surface area contributed by atoms with Crippen molar-refractivity contribution in [2.24, 2.45) is 29.4 Å². The van der Waals surface area contributed by atoms with Crippen LogP contribution in [0.25, 0.3) is 10.9 Å². The number of benzene rings is 3. The molecule has 0 saturated heterocycles. The number of unbranched alkanes of at least 4 members (excludes halogenated alkanes) is 5. The smallest absolute Gasteiger partial charge is 0.305 e. The lowest BCUT2D eigenvalue weighted by Gasteiger charge is -2.24. The van der Waals surface area contributed by atoms with Gasteiger partial charge in [0.15, 0.2) is 17.3 Å². The summed E-state index contributed by atoms with van der Waals surface area (Å²) in [6, 6.07) is 13.8. The number of primary amides is 1. The Labute approximate surface area is 533 Å². The summed E-state index contributed by atoms with van der Waals surface area (Å²) in [5, 5.41) is 40.2. The van der Waals surface area contributed by atoms with E-state index in [1.807, 2.05) is 4.72 Å². The molecule has 5 amide bonds. The first-order valence-corrected chi connectivity index (χ1v) is 32.4. The van der Waals surface area contributed by atoms with E-state index < -0.39 is 162 Å². The lowest BCUT2D eigenvalue weighted by molar-refractivity contribution is -0.140. The second-order valence-corrected chi connectivity index (χ2v) is 24.6. The first-order chi connectivity index (χ1) is 43.8. The van der Waals surface area contributed by atoms with E-state index in [1.54, 1.807) is 30.5 Å². The number of fused-ring (bicyclic) bond motifs is 1. The number of aromatic amines is 1. The van der Waals surface area contributed by atoms with Crippen molar-refractivity contribution in [2.75, 3.05) is 26.7 Å². The van der Waals surface area contributed by atoms with Gasteiger partial charge in [0.05, 0.1) is 37.1 Å². The van der Waals surface area contributed by atoms with Crippen LogP contribution in [0.4, 0.5) is 4.39 Å². The molecule has 0 aliphatic heterocycles. The highest BCUT2D eigenvalue weighted by atomic mass is 32.2. The molecule has 92 heavy (non-hydrogen) atoms. The molecule has 0 radical (unpaired) electrons. The zero-order chi connectivity index (χ0) is 67.8. The molecular weight excluding hydrogens is 1220 g/mol. The Morgan fingerprint density at radius 1 is 0.587 bits per heavy atom. The molecule has 1 aromatic heterocycles. The van der Waals surface area contributed by atoms with E-state index in [4.69, 9.17) is 10.5 Å². The number of H-pyrrole nitrogens is 1. The Hall–Kier alpha value is -8.72. The van der Waals surface area contributed by atoms with Gasteiger partial charge in [0, 0.05) is 112 Å². The van der Waals surface area contributed by atoms with E-state index in [0.717, 1.165) is 43.5 Å². The highest BCUT2D eigenvalue weighted by Gasteiger charge is 2.35. The third kappa shape index (κ3) is 27.8. The second kappa shape index (κ2) is 39.5. The predicted molar refractivity (Wildman–Crippen MR) is 334 cm³/mol. The fourth-order valence-corrected chi connectivity index (χ4v) is 11.7. The van der Waals surface area contributed by atoms with E-state index in [-0.39, 0.29) is 60.8 Å². The topological polar surface area (TPSA) is 411 Å². The van der Waals surface area contributed by atoms with Gasteiger partial charge < -0.3 is 52.0 Å². The van der Waals surface area contributed by atoms with Crippen LogP contribution in [-0.2, 0) is 80.4 Å². The number of nitrogens with two attached hydrogens (primary N) is 1. The van der Waals surface area contributed by atoms with E-state index in [9.17, 15) is 85.7 Å². The summed E-state index contributed by atoms with van der Waals surface area (Å²) in [4.78, 5) is 160. The van der Waals surface area contributed by atoms with Gasteiger partial charge in [0.1, 0.15) is 17.3 Å². The zero-order valence-electron chi connectivity index (χ0n) is 52.0. The molecule has 4 rings (SSSR count). The molecule has 0 aliphatic carbocycles. The van der Waals surface area contributed by atoms with Gasteiger partial charge in [-0.3, -0.25) is 57.5 Å². The monoisotopic (exact) mass is 1300 g/mol. The number of aromatic nitrogens is 1. The van der Waals surface area contributed by atoms with Crippen molar-refractivity contribution in [2.45, 2.75) is 165 Å². The number of ether oxygens (including phenoxy) is 1. The fourth-order valence-electron chi connectivity index (χ4n) is 10.4. The minimum atomic E-state index is -4.55. The zero-order valence-corrected chi connectivity index (χ0v) is 52.8. The number of rotatable bonds is 48. The fraction of sp³-hybridized carbons (Fsp3) is 0.508. The molecule has 25 nitrogen and oxygen atoms in total. The molecule has 1 heterocycles. The summed E-state index contributed by atoms with van der Waals surface area (Å²) in [6.07, 6.45) is 2.36. The van der Waals surface area contributed by atoms with Gasteiger partial charge in [-0.2, -0.15) is 0 Å². The SMILES string of the molecule is CCCCCC(=O)NCCCC[C@H](CC(=O)CCCCCNC(=O)[C@H](CCC(=O)O)CC(=O)[C@H](Cc1c[nH]c2ccccc12)NC(=O)[C@@H](CC(=O)CNC(=O)[C@H](CCC(=O)O)CC(=O)[C@@H](CC(=O)O)NS(=O)(=O)c1ccc(OC)cc1)Cc1cccc(F)c1)C(N)=O. The highest BCUT2D eigenvalue weighted by Crippen LogP contribution is 2.25. The van der Waals surface area contributed by atoms with Gasteiger partial charge in [0.2, 0.25) is 39.6 Å². The van der Waals surface area contributed by atoms with Gasteiger partial charge in [-0.05, 0) is 105 Å². The molecule has 6 atom stereocenters. The maximum Gasteiger partial charge on any atom is 0.305 e. The summed E-state index contributed by atoms with van der Waals surface area (Å²) >= 11 is 0. The van der Waals surface area contributed by atoms with Crippen LogP contribution in [0, 0.1) is 29.5 Å². The molecular formula is C65H86FN7O18S. The summed E-state index contributed by atoms with van der Waals surface area (Å²) in [5.41, 5.74) is 7.10. The number of ketones is 4. The normalized spacial score (nSPS) is 13.3. The Kier molecular flexibility index (Phi) is 32.5. The number of methoxy groups -OCH3 is 1. The Morgan fingerprint density at radius 3 is 1.84 bits per heavy atom. The number of carbonyl (C=O) groups excluding carboxylic acids is 9. The predicted octanol–water partition coefficient (Wildman–Crippen LogP) is 5.58. The maximum atomic E-state index is 14.6. The van der Waals surface area contributed by atoms with Gasteiger partial charge in [-0.25, -0.2) is 17.5 Å². The van der Waals surface area contributed by atoms with Crippen molar-refractivity contribution >= 4 is 91.5 Å². The number of sulfonamides is 1. The first-order valence-electron chi connectivity index (χ1n) is 30.9. The Morgan fingerprint density at radius 2 is 1.21 bits per heavy atom. The summed E-state index contributed by atoms with van der Waals surface area (Å²) in [5.74, 6) is -15.3. The largest absolute Gasteiger partial charge is 0.497 e. The number of Topliss-reactive ketones (excluding diaryl/α,β-unsaturated/α-hetero) is 4. The van der Waals surface area contributed by atoms with Crippen LogP contribution in [0.3, 0.4) is 0 Å². The molecule has 11 N–H and O–H groups in total. The van der Waals surface area contributed by atoms with E-state index in [0.29, 0.717) is 73.7 Å². The molecule has 4 aromatic rings. The molecule has 0 spiro atoms. The molecule has 0 unspecified atom stereocenters. The van der Waals surface area contributed by atoms with Crippen LogP contribution in [0.2, 0.25) is 0 Å². The Balaban J connectivity index is 1.47. The van der Waals surface area contributed by atoms with Gasteiger partial charge in [-0.15, -0.1) is 0 Å². The molecule has 3 aromatic carbocycles. The van der Waals surface area contributed by atoms with Crippen LogP contribution in [-0.4, -0.2) is 138 Å². The molecule has 0 aliphatic rings. The third-order valence-corrected chi connectivity index (χ3v) is 17.1. The summed E-state index contributed by atoms with van der Waals surface area (Å²) in [6.45, 7) is 1.79. The van der Waals surface area contributed by atoms with Crippen molar-refractivity contribution in [1.82, 2.24) is 31.0 Å². The standard InChI is InChI=1S/C65H86FN7O18S/c1-3-4-6-20-58(78)68-29-12-10-15-42(62(67)85)33-48(74)17-7-5-11-30-69-63(86)43(21-27-59(79)80)36-56(76)54(35-46-39-70-53-19-9-8-18-52(46)53)72-65(88)45(31-41-14-13-16-47(66)32-41)34-49(75)40-71-64(87)44(22-28-60(81)82)37-57(77)55(38-61(83)84)73-92(89,90)51-25-23-50(91-2)24-26-51/h8-9,13-14,16,18-19,23-26,32,39,42-45,54-55,70,73H,3-7,10-12,15,17,20-22,27-31,33-38,40H2,1-2H3,(H2,67,85)(H,68,78)(H,69,86)(H,71,87)(H,72,88)(H,79,80)(H,81,82)(H,83,84)/t42-,43-,44-,45-,54+,55-/m1/s1. The number of nitrogens with one attached hydrogen (secondary N) is 6. The number of amides is 5. The van der Waals surface area contributed by atoms with Crippen LogP contribution >= 0.6 is 0 Å². The number of carboxylic acids is 3. The van der Waals surface area contributed by atoms with E-state index in [1.165, 1.54) is 31.4 Å². The van der Waals surface area contributed by atoms with E-state index >= 15 is 0 Å². The van der Waals surface area contributed by atoms with Crippen molar-refractivity contribution < 1.29 is 90.4 Å². The van der Waals surface area contributed by atoms with Crippen LogP contribution in [0.1, 0.15) is 146 Å². The number of carboxylic acid groups (broad SMARTS) is 3. The number of aliphatic carboxylic acids is 3. The lowest BCUT2D eigenvalue weighted by atomic mass is 9.89. The summed E-state index contributed by atoms with van der Waals surface area (Å²) in [7, 11) is -3.21. The molecule has 27 heteroatoms. The minimum Gasteiger partial charge on any atom is -0.497 e. The number of carbonyl (C=O) groups is 12. The van der Waals surface area contributed by atoms with Gasteiger partial charge in [0.25, 0.3) is 0 Å². The molecule has 0 fully saturated rings. The van der Waals surface area contributed by atoms with E-state index in [2.05, 4.69) is 33.2 Å². The molecule has 0 saturated carbocycles. The van der Waals surface area contributed by atoms with Crippen LogP contribution in [0.5, 0.6) is 5.75 Å². The third-order valence-electron chi connectivity index (χ3n) is 15.6. The van der Waals surface area contributed by atoms with Crippen molar-refractivity contribution in [1.29, 1.82) is 0 Å². The quantitative estimate of drug-likeness (QED) is 0.0241. The lowest BCUT2D eigenvalue weighted by Crippen LogP contribution is -2.47. The average molecular weight is 1300 g/mol. The van der Waals surface area contributed by atoms with Crippen LogP contribution < -0.4 is 36.5 Å². The van der Waals surface area contributed by atoms with Crippen molar-refractivity contribution in [3.63, 3.8) is 0 Å². The van der Waals surface area contributed by atoms with Gasteiger partial charge in [-0.1, -0.05) is 62.9 Å². The number of para-hydroxylation sites is 1. The van der Waals surface area contributed by atoms with Gasteiger partial charge >= 0.3 is 17.9 Å². The highest BCUT2D eigenvalue weighted by molar-refractivity contribution is 7.89. The maximum absolute atomic E-state index is 14.6. The number of hydrogen-bond donors (Lipinski definition) is 10. The van der Waals surface area contributed by atoms with Crippen LogP contribution in [0.15, 0.2) is 83.9 Å². The minimum absolute atomic E-state index is 0.0247. The second-order valence-electron chi connectivity index (χ2n) is 22.9. The summed E-state index contributed by atoms with van der Waals surface area (Å²) < 4.78 is 48.3. The van der Waals surface area contributed by atoms with Crippen molar-refractivity contribution in [3.8, 4) is 5.75 Å². The van der Waals surface area contributed by atoms with Crippen molar-refractivity contribution in [3.05, 3.63) is 95.9 Å². The Bertz CT molecular complexity index is 3300. The number of hydrogen-bond acceptors (Lipinski definition) is 15. The average Bonchev–Trinajstić information content (AvgIpc) is 1.53. The molecule has 0 bridgehead atoms. The molecule has 502 valence electrons. The number of halogens is 1. The first kappa shape index (κ1) is 75.7.